The SMILES string of the molecule is CN=C(NCC1CN2CCCC2CO1)N1CC=C(c2ccccc2)CC1. The van der Waals surface area contributed by atoms with Gasteiger partial charge in [0.15, 0.2) is 5.96 Å². The molecule has 26 heavy (non-hydrogen) atoms. The van der Waals surface area contributed by atoms with Crippen LogP contribution in [0.5, 0.6) is 0 Å². The van der Waals surface area contributed by atoms with Gasteiger partial charge in [-0.3, -0.25) is 9.89 Å². The second kappa shape index (κ2) is 8.23. The summed E-state index contributed by atoms with van der Waals surface area (Å²) >= 11 is 0. The van der Waals surface area contributed by atoms with Crippen molar-refractivity contribution in [2.75, 3.05) is 46.4 Å². The molecule has 0 aromatic heterocycles. The number of ether oxygens (including phenoxy) is 1. The van der Waals surface area contributed by atoms with Crippen molar-refractivity contribution in [3.8, 4) is 0 Å². The van der Waals surface area contributed by atoms with E-state index in [0.717, 1.165) is 45.2 Å². The van der Waals surface area contributed by atoms with E-state index in [0.29, 0.717) is 6.04 Å². The van der Waals surface area contributed by atoms with E-state index in [1.165, 1.54) is 30.5 Å². The first kappa shape index (κ1) is 17.6. The summed E-state index contributed by atoms with van der Waals surface area (Å²) in [6, 6.07) is 11.3. The number of rotatable bonds is 3. The Kier molecular flexibility index (Phi) is 5.56. The second-order valence-corrected chi connectivity index (χ2v) is 7.47. The molecular formula is C21H30N4O. The van der Waals surface area contributed by atoms with Crippen LogP contribution in [0.2, 0.25) is 0 Å². The first-order valence-corrected chi connectivity index (χ1v) is 9.89. The molecule has 140 valence electrons. The third-order valence-electron chi connectivity index (χ3n) is 5.81. The number of fused-ring (bicyclic) bond motifs is 1. The molecule has 1 aromatic rings. The molecule has 5 nitrogen and oxygen atoms in total. The predicted molar refractivity (Wildman–Crippen MR) is 106 cm³/mol. The molecule has 1 N–H and O–H groups in total. The molecule has 0 saturated carbocycles. The molecule has 3 aliphatic rings. The third-order valence-corrected chi connectivity index (χ3v) is 5.81. The van der Waals surface area contributed by atoms with Crippen molar-refractivity contribution < 1.29 is 4.74 Å². The summed E-state index contributed by atoms with van der Waals surface area (Å²) in [6.45, 7) is 5.91. The van der Waals surface area contributed by atoms with Crippen molar-refractivity contribution >= 4 is 11.5 Å². The minimum absolute atomic E-state index is 0.265. The number of aliphatic imine (C=N–C) groups is 1. The number of benzene rings is 1. The molecule has 2 fully saturated rings. The van der Waals surface area contributed by atoms with Gasteiger partial charge in [-0.25, -0.2) is 0 Å². The lowest BCUT2D eigenvalue weighted by molar-refractivity contribution is -0.0454. The monoisotopic (exact) mass is 354 g/mol. The summed E-state index contributed by atoms with van der Waals surface area (Å²) in [5, 5.41) is 3.54. The molecule has 3 heterocycles. The lowest BCUT2D eigenvalue weighted by Gasteiger charge is -2.36. The number of nitrogens with one attached hydrogen (secondary N) is 1. The topological polar surface area (TPSA) is 40.1 Å². The highest BCUT2D eigenvalue weighted by atomic mass is 16.5. The minimum atomic E-state index is 0.265. The predicted octanol–water partition coefficient (Wildman–Crippen LogP) is 2.21. The van der Waals surface area contributed by atoms with Crippen molar-refractivity contribution in [2.24, 2.45) is 4.99 Å². The molecule has 2 unspecified atom stereocenters. The van der Waals surface area contributed by atoms with E-state index >= 15 is 0 Å². The fourth-order valence-corrected chi connectivity index (χ4v) is 4.32. The van der Waals surface area contributed by atoms with E-state index in [1.54, 1.807) is 0 Å². The summed E-state index contributed by atoms with van der Waals surface area (Å²) in [5.74, 6) is 0.987. The van der Waals surface area contributed by atoms with Gasteiger partial charge in [0, 0.05) is 39.3 Å². The van der Waals surface area contributed by atoms with Gasteiger partial charge in [0.2, 0.25) is 0 Å². The van der Waals surface area contributed by atoms with E-state index < -0.39 is 0 Å². The molecule has 0 amide bonds. The lowest BCUT2D eigenvalue weighted by Crippen LogP contribution is -2.52. The zero-order valence-electron chi connectivity index (χ0n) is 15.7. The third kappa shape index (κ3) is 3.94. The highest BCUT2D eigenvalue weighted by Crippen LogP contribution is 2.23. The highest BCUT2D eigenvalue weighted by molar-refractivity contribution is 5.81. The molecule has 3 aliphatic heterocycles. The first-order valence-electron chi connectivity index (χ1n) is 9.89. The number of hydrogen-bond donors (Lipinski definition) is 1. The molecule has 0 bridgehead atoms. The quantitative estimate of drug-likeness (QED) is 0.667. The Labute approximate surface area is 156 Å². The standard InChI is InChI=1S/C21H30N4O/c1-22-21(23-14-20-15-25-11-5-8-19(25)16-26-20)24-12-9-18(10-13-24)17-6-3-2-4-7-17/h2-4,6-7,9,19-20H,5,8,10-16H2,1H3,(H,22,23). The van der Waals surface area contributed by atoms with E-state index in [9.17, 15) is 0 Å². The Bertz CT molecular complexity index is 657. The van der Waals surface area contributed by atoms with Crippen molar-refractivity contribution in [3.63, 3.8) is 0 Å². The lowest BCUT2D eigenvalue weighted by atomic mass is 10.00. The molecule has 0 aliphatic carbocycles. The first-order chi connectivity index (χ1) is 12.8. The fourth-order valence-electron chi connectivity index (χ4n) is 4.32. The molecule has 1 aromatic carbocycles. The van der Waals surface area contributed by atoms with Crippen LogP contribution >= 0.6 is 0 Å². The molecule has 2 atom stereocenters. The van der Waals surface area contributed by atoms with Gasteiger partial charge >= 0.3 is 0 Å². The average Bonchev–Trinajstić information content (AvgIpc) is 3.17. The van der Waals surface area contributed by atoms with Crippen molar-refractivity contribution in [1.82, 2.24) is 15.1 Å². The van der Waals surface area contributed by atoms with Crippen LogP contribution in [0.25, 0.3) is 5.57 Å². The van der Waals surface area contributed by atoms with Crippen LogP contribution in [0.4, 0.5) is 0 Å². The van der Waals surface area contributed by atoms with Gasteiger partial charge in [-0.05, 0) is 36.9 Å². The van der Waals surface area contributed by atoms with E-state index in [4.69, 9.17) is 4.74 Å². The van der Waals surface area contributed by atoms with Crippen LogP contribution in [0, 0.1) is 0 Å². The number of nitrogens with zero attached hydrogens (tertiary/aromatic N) is 3. The normalized spacial score (nSPS) is 27.2. The summed E-state index contributed by atoms with van der Waals surface area (Å²) < 4.78 is 6.06. The largest absolute Gasteiger partial charge is 0.373 e. The van der Waals surface area contributed by atoms with Gasteiger partial charge in [-0.15, -0.1) is 0 Å². The van der Waals surface area contributed by atoms with Crippen LogP contribution in [0.15, 0.2) is 41.4 Å². The number of morpholine rings is 1. The van der Waals surface area contributed by atoms with Crippen molar-refractivity contribution in [1.29, 1.82) is 0 Å². The number of guanidine groups is 1. The van der Waals surface area contributed by atoms with E-state index in [2.05, 4.69) is 56.5 Å². The Hall–Kier alpha value is -1.85. The maximum absolute atomic E-state index is 6.06. The molecule has 5 heteroatoms. The van der Waals surface area contributed by atoms with Gasteiger partial charge in [-0.1, -0.05) is 36.4 Å². The summed E-state index contributed by atoms with van der Waals surface area (Å²) in [6.07, 6.45) is 6.27. The molecule has 0 spiro atoms. The van der Waals surface area contributed by atoms with Crippen molar-refractivity contribution in [2.45, 2.75) is 31.4 Å². The average molecular weight is 354 g/mol. The maximum atomic E-state index is 6.06. The molecular weight excluding hydrogens is 324 g/mol. The molecule has 4 rings (SSSR count). The van der Waals surface area contributed by atoms with Crippen molar-refractivity contribution in [3.05, 3.63) is 42.0 Å². The van der Waals surface area contributed by atoms with Gasteiger partial charge < -0.3 is 15.0 Å². The number of hydrogen-bond acceptors (Lipinski definition) is 3. The smallest absolute Gasteiger partial charge is 0.194 e. The second-order valence-electron chi connectivity index (χ2n) is 7.47. The molecule has 2 saturated heterocycles. The van der Waals surface area contributed by atoms with Gasteiger partial charge in [-0.2, -0.15) is 0 Å². The zero-order chi connectivity index (χ0) is 17.8. The van der Waals surface area contributed by atoms with Crippen LogP contribution in [0.3, 0.4) is 0 Å². The maximum Gasteiger partial charge on any atom is 0.194 e. The summed E-state index contributed by atoms with van der Waals surface area (Å²) in [4.78, 5) is 9.41. The summed E-state index contributed by atoms with van der Waals surface area (Å²) in [7, 11) is 1.87. The Morgan fingerprint density at radius 1 is 1.27 bits per heavy atom. The van der Waals surface area contributed by atoms with Gasteiger partial charge in [0.1, 0.15) is 0 Å². The fraction of sp³-hybridized carbons (Fsp3) is 0.571. The van der Waals surface area contributed by atoms with Gasteiger partial charge in [0.05, 0.1) is 12.7 Å². The van der Waals surface area contributed by atoms with E-state index in [-0.39, 0.29) is 6.10 Å². The Morgan fingerprint density at radius 2 is 2.15 bits per heavy atom. The minimum Gasteiger partial charge on any atom is -0.373 e. The van der Waals surface area contributed by atoms with Crippen LogP contribution in [-0.4, -0.2) is 74.3 Å². The Balaban J connectivity index is 1.29. The Morgan fingerprint density at radius 3 is 2.92 bits per heavy atom. The molecule has 0 radical (unpaired) electrons. The zero-order valence-corrected chi connectivity index (χ0v) is 15.7. The van der Waals surface area contributed by atoms with E-state index in [1.807, 2.05) is 7.05 Å². The van der Waals surface area contributed by atoms with Crippen LogP contribution in [0.1, 0.15) is 24.8 Å². The van der Waals surface area contributed by atoms with Gasteiger partial charge in [0.25, 0.3) is 0 Å². The van der Waals surface area contributed by atoms with Crippen LogP contribution < -0.4 is 5.32 Å². The highest BCUT2D eigenvalue weighted by Gasteiger charge is 2.32. The summed E-state index contributed by atoms with van der Waals surface area (Å²) in [5.41, 5.74) is 2.78. The van der Waals surface area contributed by atoms with Crippen LogP contribution in [-0.2, 0) is 4.74 Å².